The molecule has 0 aromatic carbocycles. The molecule has 1 saturated carbocycles. The number of rotatable bonds is 10. The van der Waals surface area contributed by atoms with Gasteiger partial charge in [-0.1, -0.05) is 0 Å². The number of hydrogen-bond acceptors (Lipinski definition) is 8. The summed E-state index contributed by atoms with van der Waals surface area (Å²) in [4.78, 5) is 29.5. The number of amides is 2. The number of hydrogen-bond donors (Lipinski definition) is 3. The van der Waals surface area contributed by atoms with Gasteiger partial charge in [-0.3, -0.25) is 9.59 Å². The van der Waals surface area contributed by atoms with Crippen molar-refractivity contribution in [2.24, 2.45) is 5.92 Å². The van der Waals surface area contributed by atoms with Gasteiger partial charge in [-0.25, -0.2) is 18.3 Å². The highest BCUT2D eigenvalue weighted by atomic mass is 19.4. The number of aliphatic hydroxyl groups excluding tert-OH is 1. The fourth-order valence-electron chi connectivity index (χ4n) is 4.51. The van der Waals surface area contributed by atoms with Gasteiger partial charge in [-0.15, -0.1) is 0 Å². The monoisotopic (exact) mass is 588 g/mol. The Morgan fingerprint density at radius 1 is 1.24 bits per heavy atom. The topological polar surface area (TPSA) is 144 Å². The van der Waals surface area contributed by atoms with Crippen LogP contribution < -0.4 is 15.4 Å². The van der Waals surface area contributed by atoms with Crippen molar-refractivity contribution in [3.05, 3.63) is 41.5 Å². The summed E-state index contributed by atoms with van der Waals surface area (Å²) in [6, 6.07) is 0.533. The molecule has 1 aliphatic carbocycles. The zero-order chi connectivity index (χ0) is 29.9. The molecule has 0 aliphatic heterocycles. The van der Waals surface area contributed by atoms with Gasteiger partial charge in [-0.05, 0) is 43.8 Å². The van der Waals surface area contributed by atoms with Crippen LogP contribution in [-0.2, 0) is 4.79 Å². The number of halogens is 5. The van der Waals surface area contributed by atoms with E-state index in [0.717, 1.165) is 6.26 Å². The van der Waals surface area contributed by atoms with Crippen LogP contribution in [0.3, 0.4) is 0 Å². The molecule has 0 spiro atoms. The standard InChI is InChI=1S/C25H29F5N6O5/c1-13(2)41-23-16(12-40-35-23)22(39)34-20(14-3-6-24(26,27)7-4-14)17-11-36-18(32-17)9-15(10-31-36)21(38)33-19(37)5-8-25(28,29)30/h9-14,20-21,38H,3-8H2,1-2H3,(H,33,37)(H,34,39)/t20-,21+/m0/s1. The smallest absolute Gasteiger partial charge is 0.389 e. The first-order valence-corrected chi connectivity index (χ1v) is 12.9. The average Bonchev–Trinajstić information content (AvgIpc) is 3.52. The predicted octanol–water partition coefficient (Wildman–Crippen LogP) is 4.25. The number of fused-ring (bicyclic) bond motifs is 1. The number of alkyl halides is 5. The third-order valence-electron chi connectivity index (χ3n) is 6.58. The number of imidazole rings is 1. The van der Waals surface area contributed by atoms with Crippen LogP contribution in [0, 0.1) is 5.92 Å². The van der Waals surface area contributed by atoms with Crippen LogP contribution in [-0.4, -0.2) is 54.9 Å². The second-order valence-corrected chi connectivity index (χ2v) is 10.2. The van der Waals surface area contributed by atoms with Crippen LogP contribution in [0.25, 0.3) is 5.65 Å². The van der Waals surface area contributed by atoms with Gasteiger partial charge in [0.25, 0.3) is 11.8 Å². The summed E-state index contributed by atoms with van der Waals surface area (Å²) in [6.07, 6.45) is -5.41. The highest BCUT2D eigenvalue weighted by Crippen LogP contribution is 2.41. The van der Waals surface area contributed by atoms with Crippen LogP contribution in [0.15, 0.2) is 29.2 Å². The number of aromatic nitrogens is 4. The Morgan fingerprint density at radius 2 is 1.95 bits per heavy atom. The molecule has 3 heterocycles. The summed E-state index contributed by atoms with van der Waals surface area (Å²) < 4.78 is 76.7. The third-order valence-corrected chi connectivity index (χ3v) is 6.58. The molecule has 0 bridgehead atoms. The van der Waals surface area contributed by atoms with Gasteiger partial charge in [0.15, 0.2) is 11.9 Å². The Balaban J connectivity index is 1.56. The van der Waals surface area contributed by atoms with Gasteiger partial charge >= 0.3 is 6.18 Å². The Bertz CT molecular complexity index is 1360. The number of ether oxygens (including phenoxy) is 1. The maximum absolute atomic E-state index is 13.9. The van der Waals surface area contributed by atoms with Crippen molar-refractivity contribution in [1.82, 2.24) is 30.4 Å². The molecule has 16 heteroatoms. The number of carbonyl (C=O) groups is 2. The van der Waals surface area contributed by atoms with Gasteiger partial charge in [0, 0.05) is 24.8 Å². The molecule has 3 aromatic rings. The lowest BCUT2D eigenvalue weighted by molar-refractivity contribution is -0.145. The van der Waals surface area contributed by atoms with Crippen LogP contribution in [0.5, 0.6) is 5.88 Å². The molecule has 11 nitrogen and oxygen atoms in total. The Morgan fingerprint density at radius 3 is 2.61 bits per heavy atom. The molecule has 0 saturated heterocycles. The van der Waals surface area contributed by atoms with Crippen molar-refractivity contribution < 1.29 is 45.9 Å². The van der Waals surface area contributed by atoms with Gasteiger partial charge in [-0.2, -0.15) is 18.3 Å². The van der Waals surface area contributed by atoms with Crippen LogP contribution in [0.2, 0.25) is 0 Å². The van der Waals surface area contributed by atoms with Crippen LogP contribution in [0.1, 0.15) is 86.3 Å². The molecule has 2 amide bonds. The van der Waals surface area contributed by atoms with E-state index >= 15 is 0 Å². The second-order valence-electron chi connectivity index (χ2n) is 10.2. The highest BCUT2D eigenvalue weighted by Gasteiger charge is 2.40. The summed E-state index contributed by atoms with van der Waals surface area (Å²) >= 11 is 0. The summed E-state index contributed by atoms with van der Waals surface area (Å²) in [7, 11) is 0. The van der Waals surface area contributed by atoms with Gasteiger partial charge in [0.1, 0.15) is 11.8 Å². The van der Waals surface area contributed by atoms with E-state index < -0.39 is 54.9 Å². The minimum atomic E-state index is -4.52. The van der Waals surface area contributed by atoms with E-state index in [1.807, 2.05) is 0 Å². The number of nitrogens with one attached hydrogen (secondary N) is 2. The number of carbonyl (C=O) groups excluding carboxylic acids is 2. The van der Waals surface area contributed by atoms with E-state index in [9.17, 15) is 36.6 Å². The van der Waals surface area contributed by atoms with Gasteiger partial charge < -0.3 is 25.0 Å². The van der Waals surface area contributed by atoms with E-state index in [2.05, 4.69) is 25.9 Å². The lowest BCUT2D eigenvalue weighted by Crippen LogP contribution is -2.37. The molecule has 41 heavy (non-hydrogen) atoms. The SMILES string of the molecule is CC(C)Oc1nocc1C(=O)N[C@H](c1cn2ncc([C@@H](O)NC(=O)CCC(F)(F)F)cc2n1)C1CCC(F)(F)CC1. The Labute approximate surface area is 230 Å². The quantitative estimate of drug-likeness (QED) is 0.236. The first kappa shape index (κ1) is 30.1. The first-order chi connectivity index (χ1) is 19.2. The summed E-state index contributed by atoms with van der Waals surface area (Å²) in [5.74, 6) is -4.87. The highest BCUT2D eigenvalue weighted by molar-refractivity contribution is 5.96. The zero-order valence-corrected chi connectivity index (χ0v) is 22.1. The minimum absolute atomic E-state index is 0.0124. The molecule has 1 aliphatic rings. The molecule has 0 radical (unpaired) electrons. The molecule has 2 atom stereocenters. The molecule has 4 rings (SSSR count). The maximum atomic E-state index is 13.9. The molecule has 3 aromatic heterocycles. The number of aliphatic hydroxyl groups is 1. The summed E-state index contributed by atoms with van der Waals surface area (Å²) in [5.41, 5.74) is 0.534. The summed E-state index contributed by atoms with van der Waals surface area (Å²) in [5, 5.41) is 23.0. The van der Waals surface area contributed by atoms with E-state index in [1.165, 1.54) is 23.0 Å². The lowest BCUT2D eigenvalue weighted by Gasteiger charge is -2.33. The minimum Gasteiger partial charge on any atom is -0.472 e. The van der Waals surface area contributed by atoms with Crippen molar-refractivity contribution in [2.45, 2.75) is 82.8 Å². The predicted molar refractivity (Wildman–Crippen MR) is 131 cm³/mol. The normalized spacial score (nSPS) is 17.4. The maximum Gasteiger partial charge on any atom is 0.389 e. The average molecular weight is 589 g/mol. The van der Waals surface area contributed by atoms with Gasteiger partial charge in [0.2, 0.25) is 11.8 Å². The number of nitrogens with zero attached hydrogens (tertiary/aromatic N) is 4. The van der Waals surface area contributed by atoms with Crippen LogP contribution >= 0.6 is 0 Å². The zero-order valence-electron chi connectivity index (χ0n) is 22.1. The molecular weight excluding hydrogens is 559 g/mol. The van der Waals surface area contributed by atoms with Gasteiger partial charge in [0.05, 0.1) is 36.7 Å². The van der Waals surface area contributed by atoms with Crippen molar-refractivity contribution in [3.63, 3.8) is 0 Å². The Kier molecular flexibility index (Phi) is 8.80. The largest absolute Gasteiger partial charge is 0.472 e. The van der Waals surface area contributed by atoms with E-state index in [4.69, 9.17) is 9.26 Å². The summed E-state index contributed by atoms with van der Waals surface area (Å²) in [6.45, 7) is 3.48. The van der Waals surface area contributed by atoms with Crippen molar-refractivity contribution in [2.75, 3.05) is 0 Å². The van der Waals surface area contributed by atoms with Crippen molar-refractivity contribution in [3.8, 4) is 5.88 Å². The molecule has 224 valence electrons. The van der Waals surface area contributed by atoms with Crippen molar-refractivity contribution in [1.29, 1.82) is 0 Å². The Hall–Kier alpha value is -3.82. The van der Waals surface area contributed by atoms with E-state index in [1.54, 1.807) is 13.8 Å². The van der Waals surface area contributed by atoms with Crippen LogP contribution in [0.4, 0.5) is 22.0 Å². The molecular formula is C25H29F5N6O5. The molecule has 0 unspecified atom stereocenters. The fraction of sp³-hybridized carbons (Fsp3) is 0.560. The molecule has 1 fully saturated rings. The molecule has 3 N–H and O–H groups in total. The van der Waals surface area contributed by atoms with E-state index in [-0.39, 0.29) is 54.4 Å². The third kappa shape index (κ3) is 7.89. The second kappa shape index (κ2) is 12.0. The first-order valence-electron chi connectivity index (χ1n) is 12.9. The van der Waals surface area contributed by atoms with Crippen molar-refractivity contribution >= 4 is 17.5 Å². The lowest BCUT2D eigenvalue weighted by atomic mass is 9.81. The van der Waals surface area contributed by atoms with E-state index in [0.29, 0.717) is 5.69 Å². The fourth-order valence-corrected chi connectivity index (χ4v) is 4.51.